The molecule has 0 aliphatic carbocycles. The van der Waals surface area contributed by atoms with E-state index in [9.17, 15) is 4.39 Å². The summed E-state index contributed by atoms with van der Waals surface area (Å²) in [6.45, 7) is 7.50. The van der Waals surface area contributed by atoms with Gasteiger partial charge in [0.05, 0.1) is 11.4 Å². The van der Waals surface area contributed by atoms with Gasteiger partial charge in [0.1, 0.15) is 5.82 Å². The van der Waals surface area contributed by atoms with Crippen molar-refractivity contribution in [3.8, 4) is 0 Å². The molecule has 1 aliphatic heterocycles. The van der Waals surface area contributed by atoms with Crippen molar-refractivity contribution in [3.05, 3.63) is 47.0 Å². The van der Waals surface area contributed by atoms with Crippen LogP contribution in [0, 0.1) is 19.7 Å². The Morgan fingerprint density at radius 1 is 1.12 bits per heavy atom. The van der Waals surface area contributed by atoms with E-state index in [1.165, 1.54) is 6.07 Å². The third-order valence-electron chi connectivity index (χ3n) is 4.12. The molecular weight excluding hydrogens is 305 g/mol. The van der Waals surface area contributed by atoms with Crippen LogP contribution < -0.4 is 10.3 Å². The summed E-state index contributed by atoms with van der Waals surface area (Å²) in [6, 6.07) is 7.17. The van der Waals surface area contributed by atoms with Gasteiger partial charge in [0.15, 0.2) is 0 Å². The van der Waals surface area contributed by atoms with Crippen LogP contribution in [0.15, 0.2) is 29.4 Å². The minimum Gasteiger partial charge on any atom is -0.369 e. The maximum atomic E-state index is 14.4. The molecule has 2 aromatic rings. The molecule has 5 nitrogen and oxygen atoms in total. The van der Waals surface area contributed by atoms with Gasteiger partial charge in [-0.25, -0.2) is 19.8 Å². The third kappa shape index (κ3) is 3.69. The number of anilines is 2. The summed E-state index contributed by atoms with van der Waals surface area (Å²) in [6.07, 6.45) is 2.25. The average Bonchev–Trinajstić information content (AvgIpc) is 3.05. The van der Waals surface area contributed by atoms with E-state index in [-0.39, 0.29) is 5.82 Å². The minimum absolute atomic E-state index is 0.202. The van der Waals surface area contributed by atoms with E-state index in [0.29, 0.717) is 17.3 Å². The lowest BCUT2D eigenvalue weighted by Crippen LogP contribution is -2.19. The zero-order chi connectivity index (χ0) is 17.1. The molecule has 2 heterocycles. The Morgan fingerprint density at radius 3 is 2.42 bits per heavy atom. The van der Waals surface area contributed by atoms with Gasteiger partial charge in [-0.05, 0) is 51.8 Å². The predicted octanol–water partition coefficient (Wildman–Crippen LogP) is 3.67. The number of hydrogen-bond acceptors (Lipinski definition) is 5. The Hall–Kier alpha value is -2.50. The van der Waals surface area contributed by atoms with Gasteiger partial charge < -0.3 is 4.90 Å². The van der Waals surface area contributed by atoms with Gasteiger partial charge in [-0.3, -0.25) is 0 Å². The van der Waals surface area contributed by atoms with Crippen molar-refractivity contribution in [3.63, 3.8) is 0 Å². The van der Waals surface area contributed by atoms with E-state index in [1.807, 2.05) is 39.0 Å². The maximum Gasteiger partial charge on any atom is 0.243 e. The second-order valence-electron chi connectivity index (χ2n) is 6.14. The minimum atomic E-state index is -0.202. The van der Waals surface area contributed by atoms with E-state index in [4.69, 9.17) is 0 Å². The SMILES string of the molecule is C/C(=N/Nc1nc(C)cc(C)n1)c1ccc(N2CCCC2)c(F)c1. The molecule has 0 bridgehead atoms. The van der Waals surface area contributed by atoms with Gasteiger partial charge in [0.2, 0.25) is 5.95 Å². The molecule has 0 unspecified atom stereocenters. The number of halogens is 1. The van der Waals surface area contributed by atoms with Crippen LogP contribution in [0.3, 0.4) is 0 Å². The first-order chi connectivity index (χ1) is 11.5. The molecule has 0 spiro atoms. The Kier molecular flexibility index (Phi) is 4.74. The molecule has 1 aliphatic rings. The molecule has 0 radical (unpaired) electrons. The molecule has 1 N–H and O–H groups in total. The van der Waals surface area contributed by atoms with Crippen molar-refractivity contribution in [2.24, 2.45) is 5.10 Å². The van der Waals surface area contributed by atoms with Gasteiger partial charge in [0.25, 0.3) is 0 Å². The van der Waals surface area contributed by atoms with Crippen molar-refractivity contribution in [1.82, 2.24) is 9.97 Å². The van der Waals surface area contributed by atoms with Gasteiger partial charge in [-0.1, -0.05) is 6.07 Å². The van der Waals surface area contributed by atoms with E-state index in [0.717, 1.165) is 42.9 Å². The van der Waals surface area contributed by atoms with Crippen LogP contribution in [-0.4, -0.2) is 28.8 Å². The molecule has 24 heavy (non-hydrogen) atoms. The lowest BCUT2D eigenvalue weighted by Gasteiger charge is -2.18. The number of hydrazone groups is 1. The number of aryl methyl sites for hydroxylation is 2. The first kappa shape index (κ1) is 16.4. The molecule has 0 saturated carbocycles. The number of hydrogen-bond donors (Lipinski definition) is 1. The molecule has 126 valence electrons. The summed E-state index contributed by atoms with van der Waals surface area (Å²) in [5.74, 6) is 0.243. The van der Waals surface area contributed by atoms with Crippen LogP contribution in [0.25, 0.3) is 0 Å². The third-order valence-corrected chi connectivity index (χ3v) is 4.12. The Morgan fingerprint density at radius 2 is 1.79 bits per heavy atom. The molecule has 1 aromatic heterocycles. The smallest absolute Gasteiger partial charge is 0.243 e. The summed E-state index contributed by atoms with van der Waals surface area (Å²) < 4.78 is 14.4. The first-order valence-electron chi connectivity index (χ1n) is 8.20. The van der Waals surface area contributed by atoms with Gasteiger partial charge >= 0.3 is 0 Å². The number of nitrogens with zero attached hydrogens (tertiary/aromatic N) is 4. The maximum absolute atomic E-state index is 14.4. The van der Waals surface area contributed by atoms with E-state index < -0.39 is 0 Å². The lowest BCUT2D eigenvalue weighted by molar-refractivity contribution is 0.623. The normalized spacial score (nSPS) is 15.0. The standard InChI is InChI=1S/C18H22FN5/c1-12-10-13(2)21-18(20-12)23-22-14(3)15-6-7-17(16(19)11-15)24-8-4-5-9-24/h6-7,10-11H,4-5,8-9H2,1-3H3,(H,20,21,23)/b22-14-. The van der Waals surface area contributed by atoms with Crippen molar-refractivity contribution in [2.45, 2.75) is 33.6 Å². The number of benzene rings is 1. The van der Waals surface area contributed by atoms with Gasteiger partial charge in [-0.15, -0.1) is 0 Å². The summed E-state index contributed by atoms with van der Waals surface area (Å²) in [5, 5.41) is 4.28. The number of aromatic nitrogens is 2. The fraction of sp³-hybridized carbons (Fsp3) is 0.389. The summed E-state index contributed by atoms with van der Waals surface area (Å²) in [5.41, 5.74) is 6.70. The van der Waals surface area contributed by atoms with Crippen molar-refractivity contribution in [2.75, 3.05) is 23.4 Å². The topological polar surface area (TPSA) is 53.4 Å². The molecule has 1 aromatic carbocycles. The monoisotopic (exact) mass is 327 g/mol. The molecule has 0 atom stereocenters. The number of rotatable bonds is 4. The van der Waals surface area contributed by atoms with Crippen molar-refractivity contribution < 1.29 is 4.39 Å². The molecule has 6 heteroatoms. The van der Waals surface area contributed by atoms with Gasteiger partial charge in [-0.2, -0.15) is 5.10 Å². The Balaban J connectivity index is 1.76. The summed E-state index contributed by atoms with van der Waals surface area (Å²) >= 11 is 0. The average molecular weight is 327 g/mol. The fourth-order valence-corrected chi connectivity index (χ4v) is 2.92. The van der Waals surface area contributed by atoms with Crippen LogP contribution in [0.5, 0.6) is 0 Å². The second-order valence-corrected chi connectivity index (χ2v) is 6.14. The van der Waals surface area contributed by atoms with E-state index >= 15 is 0 Å². The van der Waals surface area contributed by atoms with Crippen LogP contribution in [0.4, 0.5) is 16.0 Å². The van der Waals surface area contributed by atoms with E-state index in [1.54, 1.807) is 0 Å². The van der Waals surface area contributed by atoms with Crippen LogP contribution in [0.2, 0.25) is 0 Å². The van der Waals surface area contributed by atoms with Crippen molar-refractivity contribution >= 4 is 17.3 Å². The molecule has 1 fully saturated rings. The van der Waals surface area contributed by atoms with Crippen LogP contribution >= 0.6 is 0 Å². The van der Waals surface area contributed by atoms with E-state index in [2.05, 4.69) is 25.4 Å². The lowest BCUT2D eigenvalue weighted by atomic mass is 10.1. The van der Waals surface area contributed by atoms with Gasteiger partial charge in [0, 0.05) is 30.0 Å². The fourth-order valence-electron chi connectivity index (χ4n) is 2.92. The number of nitrogens with one attached hydrogen (secondary N) is 1. The Bertz CT molecular complexity index is 746. The highest BCUT2D eigenvalue weighted by atomic mass is 19.1. The first-order valence-corrected chi connectivity index (χ1v) is 8.20. The quantitative estimate of drug-likeness (QED) is 0.688. The van der Waals surface area contributed by atoms with Crippen molar-refractivity contribution in [1.29, 1.82) is 0 Å². The van der Waals surface area contributed by atoms with Crippen LogP contribution in [0.1, 0.15) is 36.7 Å². The molecule has 1 saturated heterocycles. The summed E-state index contributed by atoms with van der Waals surface area (Å²) in [4.78, 5) is 10.6. The predicted molar refractivity (Wildman–Crippen MR) is 95.2 cm³/mol. The second kappa shape index (κ2) is 6.95. The molecular formula is C18H22FN5. The molecule has 0 amide bonds. The highest BCUT2D eigenvalue weighted by molar-refractivity contribution is 5.99. The largest absolute Gasteiger partial charge is 0.369 e. The highest BCUT2D eigenvalue weighted by Crippen LogP contribution is 2.24. The molecule has 3 rings (SSSR count). The zero-order valence-corrected chi connectivity index (χ0v) is 14.3. The zero-order valence-electron chi connectivity index (χ0n) is 14.3. The highest BCUT2D eigenvalue weighted by Gasteiger charge is 2.16. The Labute approximate surface area is 141 Å². The summed E-state index contributed by atoms with van der Waals surface area (Å²) in [7, 11) is 0. The van der Waals surface area contributed by atoms with Crippen LogP contribution in [-0.2, 0) is 0 Å².